The van der Waals surface area contributed by atoms with E-state index in [1.54, 1.807) is 7.11 Å². The molecule has 1 aliphatic carbocycles. The lowest BCUT2D eigenvalue weighted by Gasteiger charge is -2.33. The van der Waals surface area contributed by atoms with E-state index in [0.29, 0.717) is 12.2 Å². The molecule has 0 aliphatic heterocycles. The Hall–Kier alpha value is -1.60. The third-order valence-electron chi connectivity index (χ3n) is 4.90. The van der Waals surface area contributed by atoms with Gasteiger partial charge >= 0.3 is 5.97 Å². The zero-order chi connectivity index (χ0) is 19.2. The molecule has 1 aromatic rings. The SMILES string of the molecule is COC(=O)C(C1CCCCC1)C(Cc1cccc(OC)c1)OS(C)(=O)=O. The van der Waals surface area contributed by atoms with Crippen molar-refractivity contribution in [2.45, 2.75) is 44.6 Å². The summed E-state index contributed by atoms with van der Waals surface area (Å²) in [6.07, 6.45) is 5.46. The largest absolute Gasteiger partial charge is 0.497 e. The van der Waals surface area contributed by atoms with E-state index < -0.39 is 28.1 Å². The molecule has 146 valence electrons. The van der Waals surface area contributed by atoms with Crippen molar-refractivity contribution in [3.8, 4) is 5.75 Å². The molecule has 2 rings (SSSR count). The van der Waals surface area contributed by atoms with Gasteiger partial charge in [0, 0.05) is 6.42 Å². The third-order valence-corrected chi connectivity index (χ3v) is 5.50. The number of benzene rings is 1. The number of carbonyl (C=O) groups is 1. The number of rotatable bonds is 8. The first-order valence-corrected chi connectivity index (χ1v) is 10.7. The average molecular weight is 384 g/mol. The van der Waals surface area contributed by atoms with Crippen LogP contribution in [0.2, 0.25) is 0 Å². The second kappa shape index (κ2) is 9.37. The molecule has 0 bridgehead atoms. The molecule has 2 atom stereocenters. The van der Waals surface area contributed by atoms with Crippen LogP contribution in [0.3, 0.4) is 0 Å². The van der Waals surface area contributed by atoms with E-state index in [1.165, 1.54) is 7.11 Å². The van der Waals surface area contributed by atoms with Gasteiger partial charge in [0.2, 0.25) is 0 Å². The Balaban J connectivity index is 2.33. The van der Waals surface area contributed by atoms with Gasteiger partial charge in [0.1, 0.15) is 5.75 Å². The molecule has 26 heavy (non-hydrogen) atoms. The maximum Gasteiger partial charge on any atom is 0.311 e. The minimum atomic E-state index is -3.72. The first-order chi connectivity index (χ1) is 12.3. The first kappa shape index (κ1) is 20.7. The summed E-state index contributed by atoms with van der Waals surface area (Å²) in [6.45, 7) is 0. The molecule has 1 saturated carbocycles. The monoisotopic (exact) mass is 384 g/mol. The standard InChI is InChI=1S/C19H28O6S/c1-23-16-11-7-8-14(12-16)13-17(25-26(3,21)22)18(19(20)24-2)15-9-5-4-6-10-15/h7-8,11-12,15,17-18H,4-6,9-10,13H2,1-3H3. The van der Waals surface area contributed by atoms with E-state index in [-0.39, 0.29) is 5.92 Å². The van der Waals surface area contributed by atoms with Crippen molar-refractivity contribution in [3.05, 3.63) is 29.8 Å². The fourth-order valence-corrected chi connectivity index (χ4v) is 4.39. The Morgan fingerprint density at radius 1 is 1.19 bits per heavy atom. The molecule has 0 amide bonds. The van der Waals surface area contributed by atoms with Gasteiger partial charge in [0.25, 0.3) is 10.1 Å². The van der Waals surface area contributed by atoms with Gasteiger partial charge in [-0.15, -0.1) is 0 Å². The predicted molar refractivity (Wildman–Crippen MR) is 98.5 cm³/mol. The fraction of sp³-hybridized carbons (Fsp3) is 0.632. The molecule has 1 fully saturated rings. The highest BCUT2D eigenvalue weighted by atomic mass is 32.2. The number of esters is 1. The maximum absolute atomic E-state index is 12.5. The number of ether oxygens (including phenoxy) is 2. The van der Waals surface area contributed by atoms with Crippen LogP contribution in [0.15, 0.2) is 24.3 Å². The highest BCUT2D eigenvalue weighted by molar-refractivity contribution is 7.86. The molecule has 2 unspecified atom stereocenters. The molecule has 7 heteroatoms. The topological polar surface area (TPSA) is 78.9 Å². The van der Waals surface area contributed by atoms with Gasteiger partial charge in [-0.1, -0.05) is 31.4 Å². The van der Waals surface area contributed by atoms with Gasteiger partial charge in [0.15, 0.2) is 0 Å². The van der Waals surface area contributed by atoms with E-state index in [4.69, 9.17) is 13.7 Å². The van der Waals surface area contributed by atoms with Crippen molar-refractivity contribution in [1.82, 2.24) is 0 Å². The summed E-state index contributed by atoms with van der Waals surface area (Å²) >= 11 is 0. The highest BCUT2D eigenvalue weighted by Crippen LogP contribution is 2.35. The molecular formula is C19H28O6S. The fourth-order valence-electron chi connectivity index (χ4n) is 3.75. The lowest BCUT2D eigenvalue weighted by atomic mass is 9.76. The van der Waals surface area contributed by atoms with Gasteiger partial charge in [-0.05, 0) is 36.5 Å². The molecule has 0 spiro atoms. The molecule has 0 heterocycles. The van der Waals surface area contributed by atoms with Crippen LogP contribution in [0.1, 0.15) is 37.7 Å². The second-order valence-electron chi connectivity index (χ2n) is 6.84. The Morgan fingerprint density at radius 3 is 2.46 bits per heavy atom. The molecule has 0 N–H and O–H groups in total. The van der Waals surface area contributed by atoms with E-state index in [1.807, 2.05) is 24.3 Å². The first-order valence-electron chi connectivity index (χ1n) is 8.93. The zero-order valence-corrected chi connectivity index (χ0v) is 16.5. The van der Waals surface area contributed by atoms with Crippen molar-refractivity contribution >= 4 is 16.1 Å². The van der Waals surface area contributed by atoms with E-state index in [0.717, 1.165) is 43.9 Å². The molecule has 0 aromatic heterocycles. The molecule has 0 radical (unpaired) electrons. The van der Waals surface area contributed by atoms with Gasteiger partial charge in [-0.3, -0.25) is 8.98 Å². The molecular weight excluding hydrogens is 356 g/mol. The summed E-state index contributed by atoms with van der Waals surface area (Å²) < 4.78 is 39.3. The van der Waals surface area contributed by atoms with Crippen molar-refractivity contribution in [2.75, 3.05) is 20.5 Å². The van der Waals surface area contributed by atoms with Crippen molar-refractivity contribution < 1.29 is 26.9 Å². The summed E-state index contributed by atoms with van der Waals surface area (Å²) in [5.41, 5.74) is 0.850. The summed E-state index contributed by atoms with van der Waals surface area (Å²) in [5.74, 6) is -0.281. The van der Waals surface area contributed by atoms with Crippen LogP contribution in [-0.2, 0) is 30.3 Å². The van der Waals surface area contributed by atoms with Gasteiger partial charge in [-0.25, -0.2) is 0 Å². The summed E-state index contributed by atoms with van der Waals surface area (Å²) in [4.78, 5) is 12.5. The van der Waals surface area contributed by atoms with Crippen molar-refractivity contribution in [2.24, 2.45) is 11.8 Å². The van der Waals surface area contributed by atoms with Crippen molar-refractivity contribution in [1.29, 1.82) is 0 Å². The number of methoxy groups -OCH3 is 2. The zero-order valence-electron chi connectivity index (χ0n) is 15.6. The van der Waals surface area contributed by atoms with Crippen LogP contribution < -0.4 is 4.74 Å². The Morgan fingerprint density at radius 2 is 1.88 bits per heavy atom. The predicted octanol–water partition coefficient (Wildman–Crippen LogP) is 2.95. The Kier molecular flexibility index (Phi) is 7.46. The van der Waals surface area contributed by atoms with E-state index in [2.05, 4.69) is 0 Å². The average Bonchev–Trinajstić information content (AvgIpc) is 2.61. The van der Waals surface area contributed by atoms with Crippen LogP contribution in [-0.4, -0.2) is 41.0 Å². The smallest absolute Gasteiger partial charge is 0.311 e. The lowest BCUT2D eigenvalue weighted by Crippen LogP contribution is -2.40. The molecule has 6 nitrogen and oxygen atoms in total. The van der Waals surface area contributed by atoms with Crippen LogP contribution in [0.25, 0.3) is 0 Å². The second-order valence-corrected chi connectivity index (χ2v) is 8.44. The maximum atomic E-state index is 12.5. The summed E-state index contributed by atoms with van der Waals surface area (Å²) in [7, 11) is -0.817. The molecule has 0 saturated heterocycles. The van der Waals surface area contributed by atoms with Crippen LogP contribution in [0, 0.1) is 11.8 Å². The minimum absolute atomic E-state index is 0.0635. The molecule has 1 aliphatic rings. The summed E-state index contributed by atoms with van der Waals surface area (Å²) in [5, 5.41) is 0. The number of hydrogen-bond acceptors (Lipinski definition) is 6. The normalized spacial score (nSPS) is 18.1. The number of carbonyl (C=O) groups excluding carboxylic acids is 1. The Labute approximate surface area is 156 Å². The highest BCUT2D eigenvalue weighted by Gasteiger charge is 2.39. The van der Waals surface area contributed by atoms with Crippen molar-refractivity contribution in [3.63, 3.8) is 0 Å². The van der Waals surface area contributed by atoms with E-state index in [9.17, 15) is 13.2 Å². The van der Waals surface area contributed by atoms with Crippen LogP contribution >= 0.6 is 0 Å². The van der Waals surface area contributed by atoms with Crippen LogP contribution in [0.4, 0.5) is 0 Å². The Bertz CT molecular complexity index is 694. The van der Waals surface area contributed by atoms with Gasteiger partial charge in [-0.2, -0.15) is 8.42 Å². The quantitative estimate of drug-likeness (QED) is 0.506. The minimum Gasteiger partial charge on any atom is -0.497 e. The third kappa shape index (κ3) is 5.99. The van der Waals surface area contributed by atoms with Gasteiger partial charge in [0.05, 0.1) is 32.5 Å². The van der Waals surface area contributed by atoms with Gasteiger partial charge < -0.3 is 9.47 Å². The number of hydrogen-bond donors (Lipinski definition) is 0. The van der Waals surface area contributed by atoms with Crippen LogP contribution in [0.5, 0.6) is 5.75 Å². The van der Waals surface area contributed by atoms with E-state index >= 15 is 0 Å². The molecule has 1 aromatic carbocycles. The summed E-state index contributed by atoms with van der Waals surface area (Å²) in [6, 6.07) is 7.35. The lowest BCUT2D eigenvalue weighted by molar-refractivity contribution is -0.152.